The number of hydrogen-bond acceptors (Lipinski definition) is 3. The van der Waals surface area contributed by atoms with Crippen LogP contribution in [0.4, 0.5) is 0 Å². The molecule has 3 unspecified atom stereocenters. The van der Waals surface area contributed by atoms with Gasteiger partial charge in [-0.3, -0.25) is 14.2 Å². The highest BCUT2D eigenvalue weighted by atomic mass is 127. The topological polar surface area (TPSA) is 66.4 Å². The fraction of sp³-hybridized carbons (Fsp3) is 0.647. The Labute approximate surface area is 165 Å². The molecule has 3 atom stereocenters. The number of rotatable bonds is 5. The number of aliphatic imine (C=N–C) groups is 1. The quantitative estimate of drug-likeness (QED) is 0.400. The summed E-state index contributed by atoms with van der Waals surface area (Å²) in [6, 6.07) is 6.36. The Balaban J connectivity index is 0.00000288. The molecule has 0 aliphatic heterocycles. The van der Waals surface area contributed by atoms with Gasteiger partial charge in [-0.1, -0.05) is 19.4 Å². The van der Waals surface area contributed by atoms with E-state index in [1.807, 2.05) is 32.0 Å². The minimum absolute atomic E-state index is 0. The Morgan fingerprint density at radius 1 is 1.42 bits per heavy atom. The van der Waals surface area contributed by atoms with Crippen LogP contribution in [0.25, 0.3) is 0 Å². The minimum Gasteiger partial charge on any atom is -0.354 e. The van der Waals surface area contributed by atoms with Crippen molar-refractivity contribution < 1.29 is 4.21 Å². The van der Waals surface area contributed by atoms with E-state index < -0.39 is 10.8 Å². The monoisotopic (exact) mass is 464 g/mol. The lowest BCUT2D eigenvalue weighted by atomic mass is 9.95. The number of nitrogens with zero attached hydrogens (tertiary/aromatic N) is 2. The second kappa shape index (κ2) is 11.0. The highest BCUT2D eigenvalue weighted by Gasteiger charge is 2.25. The van der Waals surface area contributed by atoms with Gasteiger partial charge in [0.2, 0.25) is 0 Å². The fourth-order valence-electron chi connectivity index (χ4n) is 3.01. The number of aryl methyl sites for hydroxylation is 1. The van der Waals surface area contributed by atoms with Crippen LogP contribution in [0.5, 0.6) is 0 Å². The van der Waals surface area contributed by atoms with E-state index in [0.717, 1.165) is 48.8 Å². The summed E-state index contributed by atoms with van der Waals surface area (Å²) in [6.45, 7) is 4.65. The van der Waals surface area contributed by atoms with Crippen LogP contribution in [0.3, 0.4) is 0 Å². The molecular weight excluding hydrogens is 435 g/mol. The summed E-state index contributed by atoms with van der Waals surface area (Å²) in [5, 5.41) is 7.12. The fourth-order valence-corrected chi connectivity index (χ4v) is 4.36. The Morgan fingerprint density at radius 3 is 2.88 bits per heavy atom. The number of pyridine rings is 1. The first kappa shape index (κ1) is 21.3. The number of nitrogens with one attached hydrogen (secondary N) is 2. The van der Waals surface area contributed by atoms with Gasteiger partial charge >= 0.3 is 0 Å². The Bertz CT molecular complexity index is 567. The molecule has 1 saturated carbocycles. The highest BCUT2D eigenvalue weighted by Crippen LogP contribution is 2.22. The zero-order valence-corrected chi connectivity index (χ0v) is 17.9. The van der Waals surface area contributed by atoms with Gasteiger partial charge in [-0.2, -0.15) is 0 Å². The molecule has 1 aliphatic carbocycles. The molecule has 2 rings (SSSR count). The second-order valence-corrected chi connectivity index (χ2v) is 8.00. The zero-order valence-electron chi connectivity index (χ0n) is 14.7. The molecular formula is C17H29IN4OS. The van der Waals surface area contributed by atoms with Gasteiger partial charge in [-0.15, -0.1) is 24.0 Å². The molecule has 0 radical (unpaired) electrons. The Hall–Kier alpha value is -0.700. The number of guanidine groups is 1. The average Bonchev–Trinajstić information content (AvgIpc) is 2.58. The normalized spacial score (nSPS) is 22.4. The van der Waals surface area contributed by atoms with Crippen LogP contribution in [-0.4, -0.2) is 39.2 Å². The van der Waals surface area contributed by atoms with Crippen molar-refractivity contribution in [3.05, 3.63) is 29.6 Å². The molecule has 136 valence electrons. The predicted octanol–water partition coefficient (Wildman–Crippen LogP) is 2.75. The molecule has 0 amide bonds. The average molecular weight is 464 g/mol. The van der Waals surface area contributed by atoms with Crippen molar-refractivity contribution in [2.75, 3.05) is 12.8 Å². The van der Waals surface area contributed by atoms with Crippen LogP contribution >= 0.6 is 24.0 Å². The molecule has 2 N–H and O–H groups in total. The van der Waals surface area contributed by atoms with Crippen LogP contribution in [0.2, 0.25) is 0 Å². The smallest absolute Gasteiger partial charge is 0.191 e. The summed E-state index contributed by atoms with van der Waals surface area (Å²) in [5.41, 5.74) is 2.02. The largest absolute Gasteiger partial charge is 0.354 e. The van der Waals surface area contributed by atoms with Crippen molar-refractivity contribution in [3.63, 3.8) is 0 Å². The third-order valence-electron chi connectivity index (χ3n) is 4.23. The van der Waals surface area contributed by atoms with E-state index in [1.165, 1.54) is 0 Å². The first-order valence-electron chi connectivity index (χ1n) is 8.39. The first-order chi connectivity index (χ1) is 11.1. The molecule has 1 aliphatic rings. The molecule has 0 aromatic carbocycles. The summed E-state index contributed by atoms with van der Waals surface area (Å²) >= 11 is 0. The maximum Gasteiger partial charge on any atom is 0.191 e. The van der Waals surface area contributed by atoms with Crippen LogP contribution in [-0.2, 0) is 17.3 Å². The van der Waals surface area contributed by atoms with Crippen LogP contribution in [0.1, 0.15) is 44.0 Å². The number of aromatic nitrogens is 1. The minimum atomic E-state index is -0.697. The summed E-state index contributed by atoms with van der Waals surface area (Å²) in [4.78, 5) is 8.79. The summed E-state index contributed by atoms with van der Waals surface area (Å²) in [6.07, 6.45) is 4.28. The van der Waals surface area contributed by atoms with E-state index >= 15 is 0 Å². The van der Waals surface area contributed by atoms with Crippen molar-refractivity contribution in [2.45, 2.75) is 57.4 Å². The lowest BCUT2D eigenvalue weighted by Crippen LogP contribution is -2.46. The zero-order chi connectivity index (χ0) is 16.7. The van der Waals surface area contributed by atoms with Crippen LogP contribution < -0.4 is 10.6 Å². The van der Waals surface area contributed by atoms with Gasteiger partial charge < -0.3 is 10.6 Å². The van der Waals surface area contributed by atoms with Crippen LogP contribution in [0.15, 0.2) is 23.2 Å². The SMILES string of the molecule is CCS(=O)C1CCCC(NC(=NC)NCc2cccc(C)n2)C1.I. The lowest BCUT2D eigenvalue weighted by Gasteiger charge is -2.30. The molecule has 0 bridgehead atoms. The molecule has 1 aromatic heterocycles. The molecule has 7 heteroatoms. The molecule has 1 fully saturated rings. The van der Waals surface area contributed by atoms with E-state index in [9.17, 15) is 4.21 Å². The first-order valence-corrected chi connectivity index (χ1v) is 9.77. The van der Waals surface area contributed by atoms with Crippen LogP contribution in [0, 0.1) is 6.92 Å². The predicted molar refractivity (Wildman–Crippen MR) is 112 cm³/mol. The van der Waals surface area contributed by atoms with Gasteiger partial charge in [0, 0.05) is 40.6 Å². The van der Waals surface area contributed by atoms with Gasteiger partial charge in [-0.05, 0) is 38.3 Å². The third-order valence-corrected chi connectivity index (χ3v) is 5.97. The number of hydrogen-bond donors (Lipinski definition) is 2. The maximum atomic E-state index is 12.0. The van der Waals surface area contributed by atoms with Crippen molar-refractivity contribution in [1.29, 1.82) is 0 Å². The van der Waals surface area contributed by atoms with Crippen molar-refractivity contribution in [3.8, 4) is 0 Å². The summed E-state index contributed by atoms with van der Waals surface area (Å²) in [5.74, 6) is 1.55. The molecule has 1 heterocycles. The van der Waals surface area contributed by atoms with Gasteiger partial charge in [0.15, 0.2) is 5.96 Å². The van der Waals surface area contributed by atoms with Gasteiger partial charge in [0.05, 0.1) is 12.2 Å². The molecule has 0 saturated heterocycles. The van der Waals surface area contributed by atoms with Gasteiger partial charge in [-0.25, -0.2) is 0 Å². The third kappa shape index (κ3) is 6.66. The lowest BCUT2D eigenvalue weighted by molar-refractivity contribution is 0.413. The Kier molecular flexibility index (Phi) is 9.80. The van der Waals surface area contributed by atoms with Gasteiger partial charge in [0.1, 0.15) is 0 Å². The van der Waals surface area contributed by atoms with E-state index in [2.05, 4.69) is 20.6 Å². The van der Waals surface area contributed by atoms with Crippen molar-refractivity contribution in [1.82, 2.24) is 15.6 Å². The van der Waals surface area contributed by atoms with E-state index in [-0.39, 0.29) is 24.0 Å². The molecule has 1 aromatic rings. The summed E-state index contributed by atoms with van der Waals surface area (Å²) in [7, 11) is 1.08. The maximum absolute atomic E-state index is 12.0. The van der Waals surface area contributed by atoms with E-state index in [0.29, 0.717) is 17.8 Å². The second-order valence-electron chi connectivity index (χ2n) is 6.00. The summed E-state index contributed by atoms with van der Waals surface area (Å²) < 4.78 is 12.0. The standard InChI is InChI=1S/C17H28N4OS.HI/c1-4-23(22)16-10-6-8-14(11-16)21-17(18-3)19-12-15-9-5-7-13(2)20-15;/h5,7,9,14,16H,4,6,8,10-12H2,1-3H3,(H2,18,19,21);1H. The molecule has 24 heavy (non-hydrogen) atoms. The molecule has 5 nitrogen and oxygen atoms in total. The van der Waals surface area contributed by atoms with Gasteiger partial charge in [0.25, 0.3) is 0 Å². The number of halogens is 1. The Morgan fingerprint density at radius 2 is 2.21 bits per heavy atom. The highest BCUT2D eigenvalue weighted by molar-refractivity contribution is 14.0. The van der Waals surface area contributed by atoms with E-state index in [1.54, 1.807) is 7.05 Å². The van der Waals surface area contributed by atoms with Crippen molar-refractivity contribution in [2.24, 2.45) is 4.99 Å². The van der Waals surface area contributed by atoms with Crippen molar-refractivity contribution >= 4 is 40.7 Å². The van der Waals surface area contributed by atoms with E-state index in [4.69, 9.17) is 0 Å². The molecule has 0 spiro atoms.